The van der Waals surface area contributed by atoms with Crippen molar-refractivity contribution in [1.82, 2.24) is 9.13 Å². The molecule has 2 nitrogen and oxygen atoms in total. The second kappa shape index (κ2) is 15.2. The summed E-state index contributed by atoms with van der Waals surface area (Å²) in [6, 6.07) is 94.2. The Labute approximate surface area is 368 Å². The van der Waals surface area contributed by atoms with Crippen molar-refractivity contribution in [2.45, 2.75) is 0 Å². The molecule has 0 amide bonds. The summed E-state index contributed by atoms with van der Waals surface area (Å²) in [5.41, 5.74) is 11.9. The number of fused-ring (bicyclic) bond motifs is 6. The summed E-state index contributed by atoms with van der Waals surface area (Å²) in [7, 11) is -2.89. The van der Waals surface area contributed by atoms with Gasteiger partial charge in [0.15, 0.2) is 8.07 Å². The third-order valence-corrected chi connectivity index (χ3v) is 17.9. The number of hydrogen-bond donors (Lipinski definition) is 0. The third-order valence-electron chi connectivity index (χ3n) is 13.1. The van der Waals surface area contributed by atoms with Crippen LogP contribution >= 0.6 is 0 Å². The van der Waals surface area contributed by atoms with Crippen LogP contribution in [-0.2, 0) is 0 Å². The van der Waals surface area contributed by atoms with Crippen LogP contribution in [0.25, 0.3) is 77.2 Å². The zero-order valence-corrected chi connectivity index (χ0v) is 35.6. The van der Waals surface area contributed by atoms with Crippen LogP contribution in [0.2, 0.25) is 0 Å². The molecule has 0 aliphatic carbocycles. The van der Waals surface area contributed by atoms with E-state index in [0.29, 0.717) is 0 Å². The number of rotatable bonds is 8. The summed E-state index contributed by atoms with van der Waals surface area (Å²) < 4.78 is 5.03. The number of nitrogens with zero attached hydrogens (tertiary/aromatic N) is 2. The first-order valence-corrected chi connectivity index (χ1v) is 23.8. The maximum Gasteiger partial charge on any atom is 0.180 e. The molecule has 63 heavy (non-hydrogen) atoms. The lowest BCUT2D eigenvalue weighted by Crippen LogP contribution is -2.74. The zero-order chi connectivity index (χ0) is 41.7. The van der Waals surface area contributed by atoms with Crippen molar-refractivity contribution in [2.24, 2.45) is 0 Å². The summed E-state index contributed by atoms with van der Waals surface area (Å²) in [5, 5.41) is 10.5. The first-order chi connectivity index (χ1) is 31.3. The van der Waals surface area contributed by atoms with E-state index in [0.717, 1.165) is 5.69 Å². The van der Waals surface area contributed by atoms with E-state index in [9.17, 15) is 0 Å². The smallest absolute Gasteiger partial charge is 0.180 e. The van der Waals surface area contributed by atoms with E-state index < -0.39 is 8.07 Å². The molecule has 296 valence electrons. The Morgan fingerprint density at radius 3 is 1.32 bits per heavy atom. The first kappa shape index (κ1) is 36.8. The fourth-order valence-corrected chi connectivity index (χ4v) is 15.5. The van der Waals surface area contributed by atoms with Gasteiger partial charge in [-0.25, -0.2) is 0 Å². The molecule has 0 spiro atoms. The Morgan fingerprint density at radius 1 is 0.270 bits per heavy atom. The van der Waals surface area contributed by atoms with Crippen molar-refractivity contribution in [3.63, 3.8) is 0 Å². The topological polar surface area (TPSA) is 9.86 Å². The van der Waals surface area contributed by atoms with Gasteiger partial charge in [-0.2, -0.15) is 0 Å². The molecule has 0 unspecified atom stereocenters. The normalized spacial score (nSPS) is 11.8. The van der Waals surface area contributed by atoms with Crippen molar-refractivity contribution >= 4 is 72.4 Å². The van der Waals surface area contributed by atoms with Crippen LogP contribution in [0.4, 0.5) is 0 Å². The summed E-state index contributed by atoms with van der Waals surface area (Å²) in [4.78, 5) is 0. The number of hydrogen-bond acceptors (Lipinski definition) is 0. The van der Waals surface area contributed by atoms with E-state index in [1.165, 1.54) is 92.3 Å². The maximum atomic E-state index is 2.54. The van der Waals surface area contributed by atoms with Gasteiger partial charge >= 0.3 is 0 Å². The molecule has 0 aliphatic rings. The lowest BCUT2D eigenvalue weighted by Gasteiger charge is -2.35. The molecule has 12 aromatic rings. The SMILES string of the molecule is c1ccc(-c2cccc(-c3ccccc3-n3c4ccccc4c4c(-n5c6ccccc6c6c([Si](c7ccccc7)(c7ccccc7)c7ccccc7)cccc65)cccc43)c2)cc1. The molecule has 10 aromatic carbocycles. The lowest BCUT2D eigenvalue weighted by atomic mass is 9.98. The Morgan fingerprint density at radius 2 is 0.683 bits per heavy atom. The molecule has 0 saturated carbocycles. The molecular formula is C60H42N2Si. The van der Waals surface area contributed by atoms with Gasteiger partial charge in [0, 0.05) is 27.1 Å². The van der Waals surface area contributed by atoms with E-state index in [-0.39, 0.29) is 0 Å². The molecule has 0 fully saturated rings. The highest BCUT2D eigenvalue weighted by Gasteiger charge is 2.43. The second-order valence-corrected chi connectivity index (χ2v) is 20.2. The van der Waals surface area contributed by atoms with Gasteiger partial charge < -0.3 is 9.13 Å². The maximum absolute atomic E-state index is 2.89. The van der Waals surface area contributed by atoms with Crippen molar-refractivity contribution in [2.75, 3.05) is 0 Å². The molecule has 0 saturated heterocycles. The van der Waals surface area contributed by atoms with Gasteiger partial charge in [0.05, 0.1) is 33.4 Å². The van der Waals surface area contributed by atoms with E-state index in [1.807, 2.05) is 0 Å². The van der Waals surface area contributed by atoms with Crippen molar-refractivity contribution < 1.29 is 0 Å². The minimum Gasteiger partial charge on any atom is -0.309 e. The highest BCUT2D eigenvalue weighted by Crippen LogP contribution is 2.42. The first-order valence-electron chi connectivity index (χ1n) is 21.8. The Bertz CT molecular complexity index is 3510. The number of benzene rings is 10. The summed E-state index contributed by atoms with van der Waals surface area (Å²) in [6.07, 6.45) is 0. The molecule has 12 rings (SSSR count). The number of para-hydroxylation sites is 3. The minimum atomic E-state index is -2.89. The van der Waals surface area contributed by atoms with Crippen LogP contribution in [0.5, 0.6) is 0 Å². The quantitative estimate of drug-likeness (QED) is 0.107. The van der Waals surface area contributed by atoms with Gasteiger partial charge in [0.2, 0.25) is 0 Å². The van der Waals surface area contributed by atoms with Gasteiger partial charge in [-0.3, -0.25) is 0 Å². The molecule has 0 N–H and O–H groups in total. The van der Waals surface area contributed by atoms with Crippen molar-refractivity contribution in [3.8, 4) is 33.6 Å². The molecular weight excluding hydrogens is 777 g/mol. The molecule has 0 aliphatic heterocycles. The van der Waals surface area contributed by atoms with E-state index in [4.69, 9.17) is 0 Å². The molecule has 2 aromatic heterocycles. The predicted octanol–water partition coefficient (Wildman–Crippen LogP) is 12.6. The third kappa shape index (κ3) is 5.78. The van der Waals surface area contributed by atoms with Crippen LogP contribution < -0.4 is 20.7 Å². The highest BCUT2D eigenvalue weighted by atomic mass is 28.3. The average Bonchev–Trinajstić information content (AvgIpc) is 3.89. The van der Waals surface area contributed by atoms with Gasteiger partial charge in [-0.05, 0) is 79.9 Å². The molecule has 2 heterocycles. The monoisotopic (exact) mass is 818 g/mol. The van der Waals surface area contributed by atoms with Gasteiger partial charge in [-0.1, -0.05) is 212 Å². The van der Waals surface area contributed by atoms with E-state index in [1.54, 1.807) is 0 Å². The standard InChI is InChI=1S/C60H42N2Si/c1-5-22-43(23-6-1)44-24-19-25-45(42-44)49-32-13-16-35-52(49)61-53-36-17-14-33-50(53)59-55(61)38-20-39-56(59)62-54-37-18-15-34-51(54)60-57(62)40-21-41-58(60)63(46-26-7-2-8-27-46,47-28-9-3-10-29-47)48-30-11-4-12-31-48/h1-42H. The second-order valence-electron chi connectivity index (χ2n) is 16.4. The molecule has 3 heteroatoms. The van der Waals surface area contributed by atoms with Gasteiger partial charge in [-0.15, -0.1) is 0 Å². The Kier molecular flexibility index (Phi) is 8.87. The van der Waals surface area contributed by atoms with Crippen molar-refractivity contribution in [1.29, 1.82) is 0 Å². The predicted molar refractivity (Wildman–Crippen MR) is 270 cm³/mol. The fraction of sp³-hybridized carbons (Fsp3) is 0. The highest BCUT2D eigenvalue weighted by molar-refractivity contribution is 7.20. The van der Waals surface area contributed by atoms with Crippen LogP contribution in [-0.4, -0.2) is 17.2 Å². The molecule has 0 radical (unpaired) electrons. The molecule has 0 bridgehead atoms. The van der Waals surface area contributed by atoms with E-state index >= 15 is 0 Å². The van der Waals surface area contributed by atoms with Crippen LogP contribution in [0.3, 0.4) is 0 Å². The number of aromatic nitrogens is 2. The molecule has 0 atom stereocenters. The zero-order valence-electron chi connectivity index (χ0n) is 34.6. The summed E-state index contributed by atoms with van der Waals surface area (Å²) in [6.45, 7) is 0. The average molecular weight is 819 g/mol. The van der Waals surface area contributed by atoms with Crippen LogP contribution in [0, 0.1) is 0 Å². The minimum absolute atomic E-state index is 1.15. The van der Waals surface area contributed by atoms with E-state index in [2.05, 4.69) is 264 Å². The van der Waals surface area contributed by atoms with Crippen LogP contribution in [0.15, 0.2) is 255 Å². The summed E-state index contributed by atoms with van der Waals surface area (Å²) in [5.74, 6) is 0. The summed E-state index contributed by atoms with van der Waals surface area (Å²) >= 11 is 0. The lowest BCUT2D eigenvalue weighted by molar-refractivity contribution is 1.17. The fourth-order valence-electron chi connectivity index (χ4n) is 10.5. The van der Waals surface area contributed by atoms with Crippen molar-refractivity contribution in [3.05, 3.63) is 255 Å². The Hall–Kier alpha value is -7.98. The van der Waals surface area contributed by atoms with Gasteiger partial charge in [0.1, 0.15) is 0 Å². The van der Waals surface area contributed by atoms with Crippen LogP contribution in [0.1, 0.15) is 0 Å². The largest absolute Gasteiger partial charge is 0.309 e. The van der Waals surface area contributed by atoms with Gasteiger partial charge in [0.25, 0.3) is 0 Å². The Balaban J connectivity index is 1.15.